The average molecular weight is 157 g/mol. The molecule has 3 heteroatoms. The molecule has 0 bridgehead atoms. The number of hydrogen-bond acceptors (Lipinski definition) is 1. The third-order valence-corrected chi connectivity index (χ3v) is 0. The van der Waals surface area contributed by atoms with Gasteiger partial charge in [0.2, 0.25) is 0 Å². The Labute approximate surface area is 52.2 Å². The van der Waals surface area contributed by atoms with Gasteiger partial charge in [-0.1, -0.05) is 0 Å². The summed E-state index contributed by atoms with van der Waals surface area (Å²) in [5.74, 6) is 0. The van der Waals surface area contributed by atoms with Crippen LogP contribution >= 0.6 is 0 Å². The first-order valence-electron chi connectivity index (χ1n) is 1.84. The van der Waals surface area contributed by atoms with Crippen LogP contribution in [0, 0.1) is 0 Å². The Hall–Kier alpha value is 0.409. The molecule has 0 radical (unpaired) electrons. The van der Waals surface area contributed by atoms with Gasteiger partial charge in [-0.3, -0.25) is 0 Å². The molecule has 0 aromatic heterocycles. The number of halogens is 1. The number of hydrogen-bond donors (Lipinski definition) is 1. The molecule has 1 N–H and O–H groups in total. The molecule has 0 aliphatic heterocycles. The molecule has 0 rings (SSSR count). The van der Waals surface area contributed by atoms with Crippen molar-refractivity contribution >= 4 is 0 Å². The second-order valence-electron chi connectivity index (χ2n) is 2.17. The number of rotatable bonds is 0. The molecule has 0 atom stereocenters. The van der Waals surface area contributed by atoms with Gasteiger partial charge in [0, 0.05) is 0 Å². The van der Waals surface area contributed by atoms with Crippen LogP contribution in [0.4, 0.5) is 3.55 Å². The molecule has 0 aromatic carbocycles. The van der Waals surface area contributed by atoms with E-state index in [1.807, 2.05) is 0 Å². The van der Waals surface area contributed by atoms with Crippen molar-refractivity contribution in [2.24, 2.45) is 0 Å². The molecule has 0 aliphatic rings. The summed E-state index contributed by atoms with van der Waals surface area (Å²) in [6, 6.07) is 0. The van der Waals surface area contributed by atoms with Gasteiger partial charge in [0.25, 0.3) is 0 Å². The van der Waals surface area contributed by atoms with Gasteiger partial charge < -0.3 is 5.11 Å². The summed E-state index contributed by atoms with van der Waals surface area (Å²) in [7, 11) is 0. The molecule has 0 aliphatic carbocycles. The second-order valence-corrected chi connectivity index (χ2v) is 2.17. The van der Waals surface area contributed by atoms with Crippen LogP contribution in [-0.4, -0.2) is 10.7 Å². The van der Waals surface area contributed by atoms with Crippen molar-refractivity contribution in [3.8, 4) is 0 Å². The van der Waals surface area contributed by atoms with Crippen molar-refractivity contribution < 1.29 is 25.1 Å². The Morgan fingerprint density at radius 2 is 1.29 bits per heavy atom. The van der Waals surface area contributed by atoms with Crippen LogP contribution in [0.15, 0.2) is 0 Å². The van der Waals surface area contributed by atoms with Crippen LogP contribution in [0.25, 0.3) is 0 Å². The first kappa shape index (κ1) is 10.4. The van der Waals surface area contributed by atoms with Gasteiger partial charge in [-0.2, -0.15) is 0 Å². The van der Waals surface area contributed by atoms with E-state index in [0.29, 0.717) is 0 Å². The Kier molecular flexibility index (Phi) is 6.78. The van der Waals surface area contributed by atoms with Gasteiger partial charge in [-0.15, -0.1) is 0 Å². The van der Waals surface area contributed by atoms with Crippen LogP contribution in [0.3, 0.4) is 0 Å². The summed E-state index contributed by atoms with van der Waals surface area (Å²) >= 11 is 2.69. The van der Waals surface area contributed by atoms with E-state index in [0.717, 1.165) is 0 Å². The van der Waals surface area contributed by atoms with Crippen LogP contribution < -0.4 is 0 Å². The molecule has 0 aromatic rings. The molecule has 0 fully saturated rings. The van der Waals surface area contributed by atoms with Gasteiger partial charge in [-0.25, -0.2) is 0 Å². The summed E-state index contributed by atoms with van der Waals surface area (Å²) in [5, 5.41) is 8.52. The zero-order chi connectivity index (χ0) is 6.50. The molecule has 0 heterocycles. The average Bonchev–Trinajstić information content (AvgIpc) is 1.36. The maximum absolute atomic E-state index is 9.06. The Balaban J connectivity index is 0. The molecule has 50 valence electrons. The predicted molar refractivity (Wildman–Crippen MR) is 23.1 cm³/mol. The van der Waals surface area contributed by atoms with E-state index in [1.54, 1.807) is 20.8 Å². The van der Waals surface area contributed by atoms with Crippen molar-refractivity contribution in [2.75, 3.05) is 0 Å². The maximum atomic E-state index is 9.06. The van der Waals surface area contributed by atoms with Gasteiger partial charge in [0.15, 0.2) is 0 Å². The first-order chi connectivity index (χ1) is 3.00. The summed E-state index contributed by atoms with van der Waals surface area (Å²) in [5.41, 5.74) is -0.500. The first-order valence-corrected chi connectivity index (χ1v) is 2.19. The molecule has 0 spiro atoms. The molecule has 1 nitrogen and oxygen atoms in total. The van der Waals surface area contributed by atoms with E-state index in [2.05, 4.69) is 16.5 Å². The van der Waals surface area contributed by atoms with Crippen molar-refractivity contribution in [2.45, 2.75) is 26.4 Å². The molecule has 0 saturated heterocycles. The van der Waals surface area contributed by atoms with Gasteiger partial charge in [-0.05, 0) is 20.8 Å². The van der Waals surface area contributed by atoms with Crippen molar-refractivity contribution in [1.82, 2.24) is 0 Å². The quantitative estimate of drug-likeness (QED) is 0.523. The standard InChI is InChI=1S/C4H10O.Cu.FH/c1-4(2,3)5;;/h5H,1-3H3;;1H/q;+1;/p-1. The minimum atomic E-state index is -0.500. The third kappa shape index (κ3) is 743. The predicted octanol–water partition coefficient (Wildman–Crippen LogP) is 1.19. The topological polar surface area (TPSA) is 20.2 Å². The zero-order valence-corrected chi connectivity index (χ0v) is 5.57. The fourth-order valence-corrected chi connectivity index (χ4v) is 0. The molecule has 0 unspecified atom stereocenters. The summed E-state index contributed by atoms with van der Waals surface area (Å²) in [6.45, 7) is 5.23. The van der Waals surface area contributed by atoms with E-state index < -0.39 is 5.60 Å². The minimum absolute atomic E-state index is 0.500. The Morgan fingerprint density at radius 3 is 1.29 bits per heavy atom. The van der Waals surface area contributed by atoms with Crippen molar-refractivity contribution in [3.05, 3.63) is 0 Å². The van der Waals surface area contributed by atoms with Crippen molar-refractivity contribution in [3.63, 3.8) is 0 Å². The fraction of sp³-hybridized carbons (Fsp3) is 1.00. The van der Waals surface area contributed by atoms with Gasteiger partial charge in [0.1, 0.15) is 0 Å². The Bertz CT molecular complexity index is 27.2. The van der Waals surface area contributed by atoms with Gasteiger partial charge >= 0.3 is 20.0 Å². The molecule has 7 heavy (non-hydrogen) atoms. The third-order valence-electron chi connectivity index (χ3n) is 0. The van der Waals surface area contributed by atoms with E-state index in [-0.39, 0.29) is 0 Å². The molecule has 0 amide bonds. The van der Waals surface area contributed by atoms with Crippen molar-refractivity contribution in [1.29, 1.82) is 0 Å². The summed E-state index contributed by atoms with van der Waals surface area (Å²) < 4.78 is 9.06. The van der Waals surface area contributed by atoms with E-state index in [1.165, 1.54) is 0 Å². The normalized spacial score (nSPS) is 9.57. The Morgan fingerprint density at radius 1 is 1.29 bits per heavy atom. The molecule has 0 saturated carbocycles. The van der Waals surface area contributed by atoms with E-state index in [4.69, 9.17) is 8.66 Å². The zero-order valence-electron chi connectivity index (χ0n) is 4.63. The van der Waals surface area contributed by atoms with Gasteiger partial charge in [0.05, 0.1) is 5.60 Å². The second kappa shape index (κ2) is 4.57. The van der Waals surface area contributed by atoms with Crippen LogP contribution in [-0.2, 0) is 16.5 Å². The van der Waals surface area contributed by atoms with Crippen LogP contribution in [0.2, 0.25) is 0 Å². The fourth-order valence-electron chi connectivity index (χ4n) is 0. The van der Waals surface area contributed by atoms with E-state index in [9.17, 15) is 0 Å². The monoisotopic (exact) mass is 156 g/mol. The molecular weight excluding hydrogens is 147 g/mol. The van der Waals surface area contributed by atoms with E-state index >= 15 is 0 Å². The summed E-state index contributed by atoms with van der Waals surface area (Å²) in [6.07, 6.45) is 0. The molecular formula is C4H10CuFO. The SMILES string of the molecule is CC(C)(C)O.[F][Cu]. The summed E-state index contributed by atoms with van der Waals surface area (Å²) in [4.78, 5) is 0. The van der Waals surface area contributed by atoms with Crippen LogP contribution in [0.5, 0.6) is 0 Å². The number of aliphatic hydroxyl groups is 1. The van der Waals surface area contributed by atoms with Crippen LogP contribution in [0.1, 0.15) is 20.8 Å².